The van der Waals surface area contributed by atoms with Gasteiger partial charge in [-0.25, -0.2) is 0 Å². The highest BCUT2D eigenvalue weighted by atomic mass is 15.2. The van der Waals surface area contributed by atoms with Gasteiger partial charge in [0.25, 0.3) is 0 Å². The summed E-state index contributed by atoms with van der Waals surface area (Å²) in [5, 5.41) is 0. The van der Waals surface area contributed by atoms with E-state index in [1.54, 1.807) is 0 Å². The van der Waals surface area contributed by atoms with E-state index in [2.05, 4.69) is 30.8 Å². The zero-order chi connectivity index (χ0) is 10.1. The van der Waals surface area contributed by atoms with E-state index < -0.39 is 0 Å². The van der Waals surface area contributed by atoms with Gasteiger partial charge in [-0.05, 0) is 27.1 Å². The van der Waals surface area contributed by atoms with Crippen LogP contribution in [0, 0.1) is 0 Å². The van der Waals surface area contributed by atoms with E-state index in [0.29, 0.717) is 0 Å². The molecule has 0 heterocycles. The van der Waals surface area contributed by atoms with E-state index in [9.17, 15) is 0 Å². The lowest BCUT2D eigenvalue weighted by atomic mass is 10.3. The Hall–Kier alpha value is -0.120. The van der Waals surface area contributed by atoms with Gasteiger partial charge in [-0.2, -0.15) is 0 Å². The number of rotatable bonds is 8. The minimum atomic E-state index is 0.759. The predicted octanol–water partition coefficient (Wildman–Crippen LogP) is 0.609. The number of likely N-dealkylation sites (N-methyl/N-ethyl adjacent to an activating group) is 2. The molecule has 0 radical (unpaired) electrons. The van der Waals surface area contributed by atoms with Gasteiger partial charge >= 0.3 is 0 Å². The largest absolute Gasteiger partial charge is 0.329 e. The zero-order valence-electron chi connectivity index (χ0n) is 9.42. The Morgan fingerprint density at radius 3 is 1.92 bits per heavy atom. The van der Waals surface area contributed by atoms with Gasteiger partial charge in [-0.3, -0.25) is 0 Å². The molecule has 0 spiro atoms. The van der Waals surface area contributed by atoms with Crippen LogP contribution >= 0.6 is 0 Å². The van der Waals surface area contributed by atoms with Crippen LogP contribution in [0.3, 0.4) is 0 Å². The first-order valence-electron chi connectivity index (χ1n) is 5.27. The Balaban J connectivity index is 3.29. The molecule has 0 atom stereocenters. The molecule has 0 aliphatic carbocycles. The third-order valence-corrected chi connectivity index (χ3v) is 2.27. The molecule has 0 rings (SSSR count). The van der Waals surface area contributed by atoms with Crippen LogP contribution in [0.4, 0.5) is 0 Å². The molecule has 0 bridgehead atoms. The van der Waals surface area contributed by atoms with Crippen LogP contribution in [0.2, 0.25) is 0 Å². The molecule has 3 heteroatoms. The molecule has 0 aromatic rings. The second-order valence-corrected chi connectivity index (χ2v) is 3.75. The van der Waals surface area contributed by atoms with Crippen molar-refractivity contribution in [3.05, 3.63) is 0 Å². The number of nitrogens with zero attached hydrogens (tertiary/aromatic N) is 2. The van der Waals surface area contributed by atoms with E-state index in [1.165, 1.54) is 19.4 Å². The fourth-order valence-electron chi connectivity index (χ4n) is 1.21. The summed E-state index contributed by atoms with van der Waals surface area (Å²) in [6.45, 7) is 7.48. The Bertz CT molecular complexity index is 106. The first kappa shape index (κ1) is 12.9. The van der Waals surface area contributed by atoms with E-state index in [-0.39, 0.29) is 0 Å². The third-order valence-electron chi connectivity index (χ3n) is 2.27. The third kappa shape index (κ3) is 8.22. The molecule has 13 heavy (non-hydrogen) atoms. The Kier molecular flexibility index (Phi) is 8.40. The monoisotopic (exact) mass is 187 g/mol. The van der Waals surface area contributed by atoms with Gasteiger partial charge < -0.3 is 15.5 Å². The second kappa shape index (κ2) is 8.48. The summed E-state index contributed by atoms with van der Waals surface area (Å²) in [7, 11) is 4.31. The average molecular weight is 187 g/mol. The van der Waals surface area contributed by atoms with Crippen LogP contribution in [0.15, 0.2) is 0 Å². The van der Waals surface area contributed by atoms with Crippen molar-refractivity contribution in [1.29, 1.82) is 0 Å². The van der Waals surface area contributed by atoms with Crippen LogP contribution in [0.1, 0.15) is 19.8 Å². The van der Waals surface area contributed by atoms with Crippen molar-refractivity contribution in [2.45, 2.75) is 19.8 Å². The molecule has 0 aromatic heterocycles. The summed E-state index contributed by atoms with van der Waals surface area (Å²) in [5.41, 5.74) is 5.46. The maximum atomic E-state index is 5.46. The van der Waals surface area contributed by atoms with Crippen molar-refractivity contribution in [3.8, 4) is 0 Å². The van der Waals surface area contributed by atoms with Crippen molar-refractivity contribution in [2.24, 2.45) is 5.73 Å². The SMILES string of the molecule is CCCCN(C)CCN(C)CCN. The molecule has 80 valence electrons. The van der Waals surface area contributed by atoms with Crippen molar-refractivity contribution in [3.63, 3.8) is 0 Å². The Morgan fingerprint density at radius 2 is 1.46 bits per heavy atom. The van der Waals surface area contributed by atoms with Gasteiger partial charge in [0.1, 0.15) is 0 Å². The standard InChI is InChI=1S/C10H25N3/c1-4-5-7-12(2)9-10-13(3)8-6-11/h4-11H2,1-3H3. The highest BCUT2D eigenvalue weighted by Crippen LogP contribution is 1.91. The fraction of sp³-hybridized carbons (Fsp3) is 1.00. The molecule has 0 aliphatic rings. The van der Waals surface area contributed by atoms with Gasteiger partial charge in [0.2, 0.25) is 0 Å². The minimum absolute atomic E-state index is 0.759. The number of unbranched alkanes of at least 4 members (excludes halogenated alkanes) is 1. The molecule has 0 aromatic carbocycles. The van der Waals surface area contributed by atoms with E-state index >= 15 is 0 Å². The highest BCUT2D eigenvalue weighted by Gasteiger charge is 2.00. The molecule has 0 unspecified atom stereocenters. The first-order chi connectivity index (χ1) is 6.20. The van der Waals surface area contributed by atoms with Crippen LogP contribution in [0.25, 0.3) is 0 Å². The Labute approximate surface area is 82.9 Å². The summed E-state index contributed by atoms with van der Waals surface area (Å²) < 4.78 is 0. The predicted molar refractivity (Wildman–Crippen MR) is 59.0 cm³/mol. The maximum absolute atomic E-state index is 5.46. The molecule has 0 saturated carbocycles. The molecule has 3 nitrogen and oxygen atoms in total. The summed E-state index contributed by atoms with van der Waals surface area (Å²) in [4.78, 5) is 4.67. The summed E-state index contributed by atoms with van der Waals surface area (Å²) in [5.74, 6) is 0. The molecule has 0 aliphatic heterocycles. The minimum Gasteiger partial charge on any atom is -0.329 e. The smallest absolute Gasteiger partial charge is 0.0107 e. The van der Waals surface area contributed by atoms with Gasteiger partial charge in [0.15, 0.2) is 0 Å². The molecular formula is C10H25N3. The Morgan fingerprint density at radius 1 is 0.923 bits per heavy atom. The van der Waals surface area contributed by atoms with Crippen LogP contribution in [-0.2, 0) is 0 Å². The van der Waals surface area contributed by atoms with Crippen molar-refractivity contribution < 1.29 is 0 Å². The number of nitrogens with two attached hydrogens (primary N) is 1. The molecular weight excluding hydrogens is 162 g/mol. The quantitative estimate of drug-likeness (QED) is 0.604. The first-order valence-corrected chi connectivity index (χ1v) is 5.27. The summed E-state index contributed by atoms with van der Waals surface area (Å²) in [6.07, 6.45) is 2.58. The fourth-order valence-corrected chi connectivity index (χ4v) is 1.21. The van der Waals surface area contributed by atoms with E-state index in [0.717, 1.165) is 26.2 Å². The topological polar surface area (TPSA) is 32.5 Å². The van der Waals surface area contributed by atoms with Gasteiger partial charge in [0, 0.05) is 26.2 Å². The average Bonchev–Trinajstić information content (AvgIpc) is 2.12. The van der Waals surface area contributed by atoms with Gasteiger partial charge in [-0.1, -0.05) is 13.3 Å². The van der Waals surface area contributed by atoms with E-state index in [1.807, 2.05) is 0 Å². The lowest BCUT2D eigenvalue weighted by molar-refractivity contribution is 0.258. The maximum Gasteiger partial charge on any atom is 0.0107 e. The van der Waals surface area contributed by atoms with Gasteiger partial charge in [-0.15, -0.1) is 0 Å². The van der Waals surface area contributed by atoms with Crippen LogP contribution in [0.5, 0.6) is 0 Å². The molecule has 0 amide bonds. The van der Waals surface area contributed by atoms with E-state index in [4.69, 9.17) is 5.73 Å². The molecule has 2 N–H and O–H groups in total. The van der Waals surface area contributed by atoms with Crippen molar-refractivity contribution in [1.82, 2.24) is 9.80 Å². The second-order valence-electron chi connectivity index (χ2n) is 3.75. The van der Waals surface area contributed by atoms with Crippen LogP contribution in [-0.4, -0.2) is 56.6 Å². The van der Waals surface area contributed by atoms with Crippen LogP contribution < -0.4 is 5.73 Å². The van der Waals surface area contributed by atoms with Crippen molar-refractivity contribution in [2.75, 3.05) is 46.8 Å². The highest BCUT2D eigenvalue weighted by molar-refractivity contribution is 4.57. The number of hydrogen-bond donors (Lipinski definition) is 1. The summed E-state index contributed by atoms with van der Waals surface area (Å²) >= 11 is 0. The molecule has 0 saturated heterocycles. The van der Waals surface area contributed by atoms with Crippen molar-refractivity contribution >= 4 is 0 Å². The number of hydrogen-bond acceptors (Lipinski definition) is 3. The normalized spacial score (nSPS) is 11.5. The van der Waals surface area contributed by atoms with Gasteiger partial charge in [0.05, 0.1) is 0 Å². The lowest BCUT2D eigenvalue weighted by Gasteiger charge is -2.21. The zero-order valence-corrected chi connectivity index (χ0v) is 9.42. The molecule has 0 fully saturated rings. The lowest BCUT2D eigenvalue weighted by Crippen LogP contribution is -2.34. The summed E-state index contributed by atoms with van der Waals surface area (Å²) in [6, 6.07) is 0.